The van der Waals surface area contributed by atoms with Crippen LogP contribution in [-0.2, 0) is 27.2 Å². The number of unbranched alkanes of at least 4 members (excludes halogenated alkanes) is 3. The molecule has 4 nitrogen and oxygen atoms in total. The molecule has 0 radical (unpaired) electrons. The van der Waals surface area contributed by atoms with Crippen LogP contribution in [0.5, 0.6) is 0 Å². The molecule has 0 fully saturated rings. The van der Waals surface area contributed by atoms with Crippen molar-refractivity contribution in [1.29, 1.82) is 0 Å². The van der Waals surface area contributed by atoms with Gasteiger partial charge in [-0.15, -0.1) is 0 Å². The first-order chi connectivity index (χ1) is 15.2. The van der Waals surface area contributed by atoms with Crippen LogP contribution in [0.25, 0.3) is 0 Å². The number of aryl methyl sites for hydroxylation is 1. The van der Waals surface area contributed by atoms with Crippen LogP contribution in [0.2, 0.25) is 0 Å². The van der Waals surface area contributed by atoms with Crippen LogP contribution in [0, 0.1) is 12.8 Å². The maximum absolute atomic E-state index is 12.9. The first-order valence-electron chi connectivity index (χ1n) is 11.9. The fourth-order valence-electron chi connectivity index (χ4n) is 4.35. The SMILES string of the molecule is CCCCCCC(Cc1cccc(N2C(=O)Cc3cc(C)ccc32)c1)C(=O)OC(C)(C)C. The second-order valence-electron chi connectivity index (χ2n) is 9.99. The van der Waals surface area contributed by atoms with Gasteiger partial charge in [-0.3, -0.25) is 14.5 Å². The van der Waals surface area contributed by atoms with E-state index in [-0.39, 0.29) is 17.8 Å². The number of nitrogens with zero attached hydrogens (tertiary/aromatic N) is 1. The average Bonchev–Trinajstić information content (AvgIpc) is 3.04. The normalized spacial score (nSPS) is 14.4. The lowest BCUT2D eigenvalue weighted by molar-refractivity contribution is -0.160. The van der Waals surface area contributed by atoms with Crippen LogP contribution in [0.15, 0.2) is 42.5 Å². The molecule has 1 amide bonds. The molecule has 0 saturated carbocycles. The number of benzene rings is 2. The lowest BCUT2D eigenvalue weighted by Crippen LogP contribution is -2.30. The van der Waals surface area contributed by atoms with E-state index in [0.29, 0.717) is 12.8 Å². The second-order valence-corrected chi connectivity index (χ2v) is 9.99. The van der Waals surface area contributed by atoms with Crippen LogP contribution >= 0.6 is 0 Å². The molecular formula is C28H37NO3. The molecule has 172 valence electrons. The predicted molar refractivity (Wildman–Crippen MR) is 130 cm³/mol. The topological polar surface area (TPSA) is 46.6 Å². The maximum atomic E-state index is 12.9. The zero-order chi connectivity index (χ0) is 23.3. The van der Waals surface area contributed by atoms with E-state index in [4.69, 9.17) is 4.74 Å². The number of hydrogen-bond donors (Lipinski definition) is 0. The zero-order valence-electron chi connectivity index (χ0n) is 20.2. The summed E-state index contributed by atoms with van der Waals surface area (Å²) in [5, 5.41) is 0. The molecule has 1 atom stereocenters. The highest BCUT2D eigenvalue weighted by molar-refractivity contribution is 6.07. The fraction of sp³-hybridized carbons (Fsp3) is 0.500. The molecule has 0 spiro atoms. The summed E-state index contributed by atoms with van der Waals surface area (Å²) in [5.41, 5.74) is 4.62. The minimum atomic E-state index is -0.496. The monoisotopic (exact) mass is 435 g/mol. The molecule has 0 saturated heterocycles. The standard InChI is InChI=1S/C28H37NO3/c1-6-7-8-9-12-22(27(31)32-28(3,4)5)17-21-11-10-13-24(18-21)29-25-15-14-20(2)16-23(25)19-26(29)30/h10-11,13-16,18,22H,6-9,12,17,19H2,1-5H3. The molecule has 0 N–H and O–H groups in total. The summed E-state index contributed by atoms with van der Waals surface area (Å²) in [6, 6.07) is 14.2. The summed E-state index contributed by atoms with van der Waals surface area (Å²) in [6.45, 7) is 9.98. The molecule has 1 heterocycles. The third-order valence-electron chi connectivity index (χ3n) is 5.86. The molecule has 4 heteroatoms. The van der Waals surface area contributed by atoms with Gasteiger partial charge in [-0.05, 0) is 69.9 Å². The number of rotatable bonds is 9. The molecule has 2 aromatic carbocycles. The minimum Gasteiger partial charge on any atom is -0.460 e. The smallest absolute Gasteiger partial charge is 0.309 e. The van der Waals surface area contributed by atoms with Crippen LogP contribution in [-0.4, -0.2) is 17.5 Å². The summed E-state index contributed by atoms with van der Waals surface area (Å²) in [6.07, 6.45) is 6.39. The Morgan fingerprint density at radius 3 is 2.59 bits per heavy atom. The van der Waals surface area contributed by atoms with Crippen molar-refractivity contribution in [2.24, 2.45) is 5.92 Å². The maximum Gasteiger partial charge on any atom is 0.309 e. The first kappa shape index (κ1) is 24.0. The van der Waals surface area contributed by atoms with Gasteiger partial charge in [0.15, 0.2) is 0 Å². The molecule has 0 aliphatic carbocycles. The van der Waals surface area contributed by atoms with Crippen LogP contribution in [0.4, 0.5) is 11.4 Å². The highest BCUT2D eigenvalue weighted by atomic mass is 16.6. The quantitative estimate of drug-likeness (QED) is 0.326. The lowest BCUT2D eigenvalue weighted by atomic mass is 9.93. The molecule has 1 unspecified atom stereocenters. The Morgan fingerprint density at radius 2 is 1.88 bits per heavy atom. The Morgan fingerprint density at radius 1 is 1.09 bits per heavy atom. The third kappa shape index (κ3) is 6.21. The number of fused-ring (bicyclic) bond motifs is 1. The molecule has 1 aliphatic rings. The van der Waals surface area contributed by atoms with E-state index in [1.54, 1.807) is 0 Å². The molecular weight excluding hydrogens is 398 g/mol. The van der Waals surface area contributed by atoms with Crippen LogP contribution in [0.1, 0.15) is 76.5 Å². The van der Waals surface area contributed by atoms with Gasteiger partial charge in [-0.2, -0.15) is 0 Å². The zero-order valence-corrected chi connectivity index (χ0v) is 20.2. The molecule has 0 bridgehead atoms. The van der Waals surface area contributed by atoms with E-state index in [1.165, 1.54) is 12.8 Å². The Kier molecular flexibility index (Phi) is 7.76. The Labute approximate surface area is 193 Å². The van der Waals surface area contributed by atoms with Gasteiger partial charge >= 0.3 is 5.97 Å². The van der Waals surface area contributed by atoms with Gasteiger partial charge in [0.2, 0.25) is 5.91 Å². The van der Waals surface area contributed by atoms with Gasteiger partial charge in [-0.25, -0.2) is 0 Å². The highest BCUT2D eigenvalue weighted by Gasteiger charge is 2.29. The third-order valence-corrected chi connectivity index (χ3v) is 5.86. The van der Waals surface area contributed by atoms with Crippen LogP contribution in [0.3, 0.4) is 0 Å². The van der Waals surface area contributed by atoms with E-state index in [2.05, 4.69) is 19.1 Å². The number of carbonyl (C=O) groups excluding carboxylic acids is 2. The summed E-state index contributed by atoms with van der Waals surface area (Å²) >= 11 is 0. The van der Waals surface area contributed by atoms with E-state index in [1.807, 2.05) is 62.9 Å². The first-order valence-corrected chi connectivity index (χ1v) is 11.9. The molecule has 0 aromatic heterocycles. The molecule has 32 heavy (non-hydrogen) atoms. The molecule has 1 aliphatic heterocycles. The average molecular weight is 436 g/mol. The van der Waals surface area contributed by atoms with Crippen molar-refractivity contribution in [3.63, 3.8) is 0 Å². The van der Waals surface area contributed by atoms with Gasteiger partial charge in [0.1, 0.15) is 5.60 Å². The van der Waals surface area contributed by atoms with Gasteiger partial charge in [0.25, 0.3) is 0 Å². The fourth-order valence-corrected chi connectivity index (χ4v) is 4.35. The van der Waals surface area contributed by atoms with Gasteiger partial charge < -0.3 is 4.74 Å². The number of amides is 1. The molecule has 3 rings (SSSR count). The van der Waals surface area contributed by atoms with Gasteiger partial charge in [0, 0.05) is 5.69 Å². The second kappa shape index (κ2) is 10.3. The number of esters is 1. The van der Waals surface area contributed by atoms with Crippen molar-refractivity contribution in [2.75, 3.05) is 4.90 Å². The van der Waals surface area contributed by atoms with E-state index >= 15 is 0 Å². The number of hydrogen-bond acceptors (Lipinski definition) is 3. The summed E-state index contributed by atoms with van der Waals surface area (Å²) in [4.78, 5) is 27.5. The largest absolute Gasteiger partial charge is 0.460 e. The highest BCUT2D eigenvalue weighted by Crippen LogP contribution is 2.36. The Bertz CT molecular complexity index is 957. The van der Waals surface area contributed by atoms with Crippen molar-refractivity contribution >= 4 is 23.3 Å². The Hall–Kier alpha value is -2.62. The van der Waals surface area contributed by atoms with E-state index in [0.717, 1.165) is 47.3 Å². The lowest BCUT2D eigenvalue weighted by Gasteiger charge is -2.24. The van der Waals surface area contributed by atoms with E-state index in [9.17, 15) is 9.59 Å². The number of ether oxygens (including phenoxy) is 1. The van der Waals surface area contributed by atoms with Gasteiger partial charge in [0.05, 0.1) is 18.0 Å². The number of anilines is 2. The van der Waals surface area contributed by atoms with Crippen LogP contribution < -0.4 is 4.90 Å². The summed E-state index contributed by atoms with van der Waals surface area (Å²) < 4.78 is 5.73. The van der Waals surface area contributed by atoms with Crippen molar-refractivity contribution in [2.45, 2.75) is 85.2 Å². The van der Waals surface area contributed by atoms with Crippen molar-refractivity contribution in [1.82, 2.24) is 0 Å². The summed E-state index contributed by atoms with van der Waals surface area (Å²) in [7, 11) is 0. The van der Waals surface area contributed by atoms with Crippen molar-refractivity contribution < 1.29 is 14.3 Å². The minimum absolute atomic E-state index is 0.0889. The van der Waals surface area contributed by atoms with Crippen molar-refractivity contribution in [3.05, 3.63) is 59.2 Å². The summed E-state index contributed by atoms with van der Waals surface area (Å²) in [5.74, 6) is -0.214. The van der Waals surface area contributed by atoms with E-state index < -0.39 is 5.60 Å². The van der Waals surface area contributed by atoms with Gasteiger partial charge in [-0.1, -0.05) is 62.4 Å². The Balaban J connectivity index is 1.80. The predicted octanol–water partition coefficient (Wildman–Crippen LogP) is 6.69. The molecule has 2 aromatic rings. The number of carbonyl (C=O) groups is 2. The van der Waals surface area contributed by atoms with Crippen molar-refractivity contribution in [3.8, 4) is 0 Å².